The van der Waals surface area contributed by atoms with E-state index in [1.54, 1.807) is 78.9 Å². The quantitative estimate of drug-likeness (QED) is 0.141. The molecule has 0 saturated carbocycles. The summed E-state index contributed by atoms with van der Waals surface area (Å²) in [5.41, 5.74) is 1.64. The summed E-state index contributed by atoms with van der Waals surface area (Å²) in [7, 11) is 0. The van der Waals surface area contributed by atoms with E-state index in [1.807, 2.05) is 25.1 Å². The van der Waals surface area contributed by atoms with Gasteiger partial charge in [0.1, 0.15) is 17.3 Å². The summed E-state index contributed by atoms with van der Waals surface area (Å²) in [5, 5.41) is 8.76. The molecule has 4 aromatic rings. The minimum atomic E-state index is -0.504. The Morgan fingerprint density at radius 3 is 2.34 bits per heavy atom. The number of carbonyl (C=O) groups is 3. The Hall–Kier alpha value is -4.60. The molecule has 0 spiro atoms. The molecule has 3 aromatic carbocycles. The van der Waals surface area contributed by atoms with E-state index >= 15 is 0 Å². The van der Waals surface area contributed by atoms with Crippen molar-refractivity contribution >= 4 is 58.7 Å². The predicted molar refractivity (Wildman–Crippen MR) is 163 cm³/mol. The normalized spacial score (nSPS) is 10.9. The van der Waals surface area contributed by atoms with Crippen LogP contribution in [0, 0.1) is 0 Å². The van der Waals surface area contributed by atoms with Crippen LogP contribution in [-0.4, -0.2) is 35.1 Å². The van der Waals surface area contributed by atoms with Gasteiger partial charge < -0.3 is 20.7 Å². The van der Waals surface area contributed by atoms with Crippen LogP contribution in [0.4, 0.5) is 11.5 Å². The number of ether oxygens (including phenoxy) is 1. The zero-order valence-electron chi connectivity index (χ0n) is 22.1. The smallest absolute Gasteiger partial charge is 0.272 e. The summed E-state index contributed by atoms with van der Waals surface area (Å²) in [6.45, 7) is 2.32. The number of amides is 3. The molecule has 41 heavy (non-hydrogen) atoms. The average Bonchev–Trinajstić information content (AvgIpc) is 2.99. The van der Waals surface area contributed by atoms with Gasteiger partial charge in [-0.25, -0.2) is 4.98 Å². The number of pyridine rings is 1. The van der Waals surface area contributed by atoms with Crippen molar-refractivity contribution < 1.29 is 19.1 Å². The molecule has 8 nitrogen and oxygen atoms in total. The molecule has 0 fully saturated rings. The lowest BCUT2D eigenvalue weighted by Crippen LogP contribution is -2.30. The van der Waals surface area contributed by atoms with E-state index < -0.39 is 11.8 Å². The molecule has 0 bridgehead atoms. The van der Waals surface area contributed by atoms with Gasteiger partial charge in [0.15, 0.2) is 0 Å². The zero-order valence-corrected chi connectivity index (χ0v) is 23.7. The van der Waals surface area contributed by atoms with Gasteiger partial charge in [-0.2, -0.15) is 0 Å². The highest BCUT2D eigenvalue weighted by molar-refractivity contribution is 8.00. The number of anilines is 2. The maximum Gasteiger partial charge on any atom is 0.272 e. The molecule has 0 saturated heterocycles. The summed E-state index contributed by atoms with van der Waals surface area (Å²) in [6, 6.07) is 26.2. The highest BCUT2D eigenvalue weighted by Crippen LogP contribution is 2.23. The Kier molecular flexibility index (Phi) is 10.5. The van der Waals surface area contributed by atoms with Gasteiger partial charge in [0.25, 0.3) is 11.8 Å². The van der Waals surface area contributed by atoms with Crippen LogP contribution in [0.5, 0.6) is 5.75 Å². The van der Waals surface area contributed by atoms with Gasteiger partial charge in [-0.3, -0.25) is 14.4 Å². The molecule has 0 aliphatic carbocycles. The Bertz CT molecular complexity index is 1530. The molecule has 10 heteroatoms. The minimum Gasteiger partial charge on any atom is -0.493 e. The van der Waals surface area contributed by atoms with E-state index in [9.17, 15) is 14.4 Å². The Labute approximate surface area is 247 Å². The van der Waals surface area contributed by atoms with Crippen molar-refractivity contribution in [2.75, 3.05) is 23.0 Å². The Morgan fingerprint density at radius 1 is 0.902 bits per heavy atom. The van der Waals surface area contributed by atoms with Crippen LogP contribution in [-0.2, 0) is 9.59 Å². The standard InChI is InChI=1S/C31H27ClN4O4S/c1-2-40-27-11-7-6-10-22(27)18-26(35-30(38)21-8-4-3-5-9-21)31(39)34-24-13-15-25(16-14-24)41-20-29(37)36-28-17-12-23(32)19-33-28/h3-19H,2,20H2,1H3,(H,34,39)(H,35,38)(H,33,36,37)/b26-18-. The van der Waals surface area contributed by atoms with Crippen molar-refractivity contribution in [1.29, 1.82) is 0 Å². The Morgan fingerprint density at radius 2 is 1.63 bits per heavy atom. The molecule has 208 valence electrons. The number of hydrogen-bond donors (Lipinski definition) is 3. The highest BCUT2D eigenvalue weighted by atomic mass is 35.5. The molecule has 3 amide bonds. The molecule has 3 N–H and O–H groups in total. The lowest BCUT2D eigenvalue weighted by atomic mass is 10.1. The van der Waals surface area contributed by atoms with E-state index in [0.29, 0.717) is 40.0 Å². The fourth-order valence-electron chi connectivity index (χ4n) is 3.60. The van der Waals surface area contributed by atoms with E-state index in [-0.39, 0.29) is 17.4 Å². The predicted octanol–water partition coefficient (Wildman–Crippen LogP) is 6.27. The van der Waals surface area contributed by atoms with E-state index in [1.165, 1.54) is 18.0 Å². The number of benzene rings is 3. The highest BCUT2D eigenvalue weighted by Gasteiger charge is 2.16. The van der Waals surface area contributed by atoms with Crippen molar-refractivity contribution in [3.8, 4) is 5.75 Å². The first-order valence-corrected chi connectivity index (χ1v) is 14.0. The topological polar surface area (TPSA) is 109 Å². The molecule has 1 aromatic heterocycles. The first-order valence-electron chi connectivity index (χ1n) is 12.7. The fraction of sp³-hybridized carbons (Fsp3) is 0.0968. The first-order chi connectivity index (χ1) is 19.9. The average molecular weight is 587 g/mol. The summed E-state index contributed by atoms with van der Waals surface area (Å²) in [5.74, 6) is 0.0545. The Balaban J connectivity index is 1.44. The SMILES string of the molecule is CCOc1ccccc1/C=C(\NC(=O)c1ccccc1)C(=O)Nc1ccc(SCC(=O)Nc2ccc(Cl)cn2)cc1. The van der Waals surface area contributed by atoms with Crippen molar-refractivity contribution in [1.82, 2.24) is 10.3 Å². The van der Waals surface area contributed by atoms with Crippen LogP contribution in [0.2, 0.25) is 5.02 Å². The van der Waals surface area contributed by atoms with Crippen LogP contribution in [0.15, 0.2) is 108 Å². The van der Waals surface area contributed by atoms with Crippen LogP contribution in [0.3, 0.4) is 0 Å². The zero-order chi connectivity index (χ0) is 29.0. The second kappa shape index (κ2) is 14.7. The van der Waals surface area contributed by atoms with Crippen LogP contribution < -0.4 is 20.7 Å². The summed E-state index contributed by atoms with van der Waals surface area (Å²) in [4.78, 5) is 43.4. The maximum absolute atomic E-state index is 13.3. The van der Waals surface area contributed by atoms with E-state index in [4.69, 9.17) is 16.3 Å². The lowest BCUT2D eigenvalue weighted by Gasteiger charge is -2.13. The third-order valence-corrected chi connectivity index (χ3v) is 6.76. The van der Waals surface area contributed by atoms with Gasteiger partial charge in [0.2, 0.25) is 5.91 Å². The van der Waals surface area contributed by atoms with Gasteiger partial charge in [-0.05, 0) is 67.6 Å². The monoisotopic (exact) mass is 586 g/mol. The largest absolute Gasteiger partial charge is 0.493 e. The van der Waals surface area contributed by atoms with Crippen LogP contribution in [0.25, 0.3) is 6.08 Å². The number of nitrogens with zero attached hydrogens (tertiary/aromatic N) is 1. The van der Waals surface area contributed by atoms with Gasteiger partial charge >= 0.3 is 0 Å². The number of para-hydroxylation sites is 1. The second-order valence-electron chi connectivity index (χ2n) is 8.53. The minimum absolute atomic E-state index is 0.0527. The third-order valence-electron chi connectivity index (χ3n) is 5.52. The number of rotatable bonds is 11. The van der Waals surface area contributed by atoms with Crippen LogP contribution >= 0.6 is 23.4 Å². The molecule has 1 heterocycles. The van der Waals surface area contributed by atoms with Crippen molar-refractivity contribution in [2.24, 2.45) is 0 Å². The molecule has 0 aliphatic heterocycles. The van der Waals surface area contributed by atoms with E-state index in [0.717, 1.165) is 4.90 Å². The molecular formula is C31H27ClN4O4S. The van der Waals surface area contributed by atoms with Crippen molar-refractivity contribution in [3.05, 3.63) is 119 Å². The van der Waals surface area contributed by atoms with Crippen molar-refractivity contribution in [3.63, 3.8) is 0 Å². The number of carbonyl (C=O) groups excluding carboxylic acids is 3. The molecule has 0 aliphatic rings. The molecule has 0 unspecified atom stereocenters. The molecule has 0 radical (unpaired) electrons. The second-order valence-corrected chi connectivity index (χ2v) is 10.0. The molecular weight excluding hydrogens is 560 g/mol. The van der Waals surface area contributed by atoms with Gasteiger partial charge in [-0.15, -0.1) is 11.8 Å². The first kappa shape index (κ1) is 29.4. The number of hydrogen-bond acceptors (Lipinski definition) is 6. The number of nitrogens with one attached hydrogen (secondary N) is 3. The number of aromatic nitrogens is 1. The van der Waals surface area contributed by atoms with Gasteiger partial charge in [0, 0.05) is 27.9 Å². The summed E-state index contributed by atoms with van der Waals surface area (Å²) in [6.07, 6.45) is 3.04. The summed E-state index contributed by atoms with van der Waals surface area (Å²) < 4.78 is 5.69. The van der Waals surface area contributed by atoms with Gasteiger partial charge in [-0.1, -0.05) is 48.0 Å². The fourth-order valence-corrected chi connectivity index (χ4v) is 4.41. The molecule has 0 atom stereocenters. The number of halogens is 1. The summed E-state index contributed by atoms with van der Waals surface area (Å²) >= 11 is 7.16. The van der Waals surface area contributed by atoms with Crippen LogP contribution in [0.1, 0.15) is 22.8 Å². The lowest BCUT2D eigenvalue weighted by molar-refractivity contribution is -0.114. The van der Waals surface area contributed by atoms with Gasteiger partial charge in [0.05, 0.1) is 17.4 Å². The van der Waals surface area contributed by atoms with Crippen molar-refractivity contribution in [2.45, 2.75) is 11.8 Å². The maximum atomic E-state index is 13.3. The number of thioether (sulfide) groups is 1. The third kappa shape index (κ3) is 8.96. The van der Waals surface area contributed by atoms with E-state index in [2.05, 4.69) is 20.9 Å². The molecule has 4 rings (SSSR count).